The maximum Gasteiger partial charge on any atom is 0.251 e. The monoisotopic (exact) mass is 292 g/mol. The Labute approximate surface area is 124 Å². The first-order valence-corrected chi connectivity index (χ1v) is 7.09. The predicted octanol–water partition coefficient (Wildman–Crippen LogP) is 3.26. The molecule has 0 saturated heterocycles. The van der Waals surface area contributed by atoms with Crippen molar-refractivity contribution in [2.24, 2.45) is 0 Å². The second-order valence-corrected chi connectivity index (χ2v) is 4.24. The number of aryl methyl sites for hydroxylation is 2. The number of H-pyrrole nitrogens is 1. The number of benzene rings is 1. The van der Waals surface area contributed by atoms with Gasteiger partial charge in [0.05, 0.1) is 6.61 Å². The second-order valence-electron chi connectivity index (χ2n) is 4.24. The van der Waals surface area contributed by atoms with Gasteiger partial charge in [0.1, 0.15) is 17.4 Å². The minimum atomic E-state index is -0.317. The van der Waals surface area contributed by atoms with Crippen molar-refractivity contribution in [2.45, 2.75) is 33.6 Å². The van der Waals surface area contributed by atoms with Crippen LogP contribution in [0.2, 0.25) is 0 Å². The molecule has 0 aliphatic rings. The largest absolute Gasteiger partial charge is 0.493 e. The van der Waals surface area contributed by atoms with Crippen molar-refractivity contribution in [1.29, 1.82) is 0 Å². The lowest BCUT2D eigenvalue weighted by molar-refractivity contribution is 0.308. The van der Waals surface area contributed by atoms with E-state index in [0.29, 0.717) is 36.7 Å². The normalized spacial score (nSPS) is 9.71. The Hall–Kier alpha value is -2.17. The van der Waals surface area contributed by atoms with Crippen LogP contribution in [0.25, 0.3) is 0 Å². The van der Waals surface area contributed by atoms with Crippen LogP contribution in [0.5, 0.6) is 5.75 Å². The van der Waals surface area contributed by atoms with Crippen LogP contribution in [0, 0.1) is 12.7 Å². The molecular formula is C16H21FN2O2. The van der Waals surface area contributed by atoms with E-state index in [4.69, 9.17) is 4.74 Å². The van der Waals surface area contributed by atoms with Gasteiger partial charge in [-0.15, -0.1) is 0 Å². The Kier molecular flexibility index (Phi) is 7.15. The van der Waals surface area contributed by atoms with E-state index in [-0.39, 0.29) is 11.4 Å². The van der Waals surface area contributed by atoms with Crippen molar-refractivity contribution in [3.8, 4) is 5.75 Å². The molecule has 0 spiro atoms. The molecule has 114 valence electrons. The lowest BCUT2D eigenvalue weighted by Crippen LogP contribution is -2.12. The van der Waals surface area contributed by atoms with Gasteiger partial charge in [0, 0.05) is 24.2 Å². The number of hydrogen-bond donors (Lipinski definition) is 1. The van der Waals surface area contributed by atoms with Crippen LogP contribution < -0.4 is 10.3 Å². The summed E-state index contributed by atoms with van der Waals surface area (Å²) in [5, 5.41) is 0. The van der Waals surface area contributed by atoms with Crippen molar-refractivity contribution < 1.29 is 9.13 Å². The summed E-state index contributed by atoms with van der Waals surface area (Å²) < 4.78 is 18.3. The Morgan fingerprint density at radius 2 is 2.05 bits per heavy atom. The van der Waals surface area contributed by atoms with E-state index < -0.39 is 0 Å². The third kappa shape index (κ3) is 6.21. The first-order chi connectivity index (χ1) is 10.1. The zero-order chi connectivity index (χ0) is 15.7. The zero-order valence-electron chi connectivity index (χ0n) is 12.6. The summed E-state index contributed by atoms with van der Waals surface area (Å²) in [6.07, 6.45) is 1.31. The molecule has 2 aromatic rings. The van der Waals surface area contributed by atoms with Gasteiger partial charge in [-0.1, -0.05) is 19.9 Å². The molecule has 0 unspecified atom stereocenters. The number of ether oxygens (including phenoxy) is 1. The predicted molar refractivity (Wildman–Crippen MR) is 81.2 cm³/mol. The minimum Gasteiger partial charge on any atom is -0.493 e. The van der Waals surface area contributed by atoms with E-state index in [1.807, 2.05) is 13.8 Å². The molecule has 1 heterocycles. The Bertz CT molecular complexity index is 611. The van der Waals surface area contributed by atoms with Crippen LogP contribution in [0.15, 0.2) is 35.1 Å². The van der Waals surface area contributed by atoms with Gasteiger partial charge in [0.2, 0.25) is 0 Å². The smallest absolute Gasteiger partial charge is 0.251 e. The first kappa shape index (κ1) is 16.9. The van der Waals surface area contributed by atoms with Crippen molar-refractivity contribution in [3.63, 3.8) is 0 Å². The maximum absolute atomic E-state index is 12.9. The van der Waals surface area contributed by atoms with Gasteiger partial charge in [-0.3, -0.25) is 4.79 Å². The molecule has 1 aromatic carbocycles. The molecular weight excluding hydrogens is 271 g/mol. The molecule has 2 rings (SSSR count). The van der Waals surface area contributed by atoms with Crippen LogP contribution in [0.4, 0.5) is 4.39 Å². The molecule has 1 aromatic heterocycles. The van der Waals surface area contributed by atoms with Crippen LogP contribution in [-0.2, 0) is 6.42 Å². The highest BCUT2D eigenvalue weighted by Gasteiger charge is 2.00. The van der Waals surface area contributed by atoms with Gasteiger partial charge in [-0.05, 0) is 25.5 Å². The molecule has 21 heavy (non-hydrogen) atoms. The summed E-state index contributed by atoms with van der Waals surface area (Å²) >= 11 is 0. The molecule has 1 N–H and O–H groups in total. The SMILES string of the molecule is CC.Cc1cc(=O)[nH]c(CCCOc2cccc(F)c2)n1. The lowest BCUT2D eigenvalue weighted by atomic mass is 10.3. The van der Waals surface area contributed by atoms with E-state index in [9.17, 15) is 9.18 Å². The Balaban J connectivity index is 0.00000106. The van der Waals surface area contributed by atoms with Gasteiger partial charge in [-0.25, -0.2) is 9.37 Å². The number of aromatic amines is 1. The summed E-state index contributed by atoms with van der Waals surface area (Å²) in [4.78, 5) is 18.1. The first-order valence-electron chi connectivity index (χ1n) is 7.09. The summed E-state index contributed by atoms with van der Waals surface area (Å²) in [6.45, 7) is 6.23. The van der Waals surface area contributed by atoms with E-state index in [2.05, 4.69) is 9.97 Å². The average molecular weight is 292 g/mol. The van der Waals surface area contributed by atoms with Crippen molar-refractivity contribution in [2.75, 3.05) is 6.61 Å². The third-order valence-corrected chi connectivity index (χ3v) is 2.54. The van der Waals surface area contributed by atoms with Crippen molar-refractivity contribution in [3.05, 3.63) is 58.0 Å². The fraction of sp³-hybridized carbons (Fsp3) is 0.375. The molecule has 4 nitrogen and oxygen atoms in total. The summed E-state index contributed by atoms with van der Waals surface area (Å²) in [5.41, 5.74) is 0.554. The number of rotatable bonds is 5. The van der Waals surface area contributed by atoms with Gasteiger partial charge in [0.15, 0.2) is 0 Å². The van der Waals surface area contributed by atoms with E-state index >= 15 is 0 Å². The van der Waals surface area contributed by atoms with Gasteiger partial charge in [0.25, 0.3) is 5.56 Å². The number of hydrogen-bond acceptors (Lipinski definition) is 3. The summed E-state index contributed by atoms with van der Waals surface area (Å²) in [6, 6.07) is 7.47. The lowest BCUT2D eigenvalue weighted by Gasteiger charge is -2.06. The van der Waals surface area contributed by atoms with Gasteiger partial charge >= 0.3 is 0 Å². The standard InChI is InChI=1S/C14H15FN2O2.C2H6/c1-10-8-14(18)17-13(16-10)6-3-7-19-12-5-2-4-11(15)9-12;1-2/h2,4-5,8-9H,3,6-7H2,1H3,(H,16,17,18);1-2H3. The molecule has 5 heteroatoms. The molecule has 0 amide bonds. The Morgan fingerprint density at radius 1 is 1.29 bits per heavy atom. The average Bonchev–Trinajstić information content (AvgIpc) is 2.45. The number of nitrogens with one attached hydrogen (secondary N) is 1. The highest BCUT2D eigenvalue weighted by Crippen LogP contribution is 2.12. The van der Waals surface area contributed by atoms with E-state index in [0.717, 1.165) is 0 Å². The highest BCUT2D eigenvalue weighted by atomic mass is 19.1. The van der Waals surface area contributed by atoms with E-state index in [1.54, 1.807) is 19.1 Å². The van der Waals surface area contributed by atoms with Crippen LogP contribution in [0.1, 0.15) is 31.8 Å². The number of nitrogens with zero attached hydrogens (tertiary/aromatic N) is 1. The third-order valence-electron chi connectivity index (χ3n) is 2.54. The zero-order valence-corrected chi connectivity index (χ0v) is 12.6. The quantitative estimate of drug-likeness (QED) is 0.861. The maximum atomic E-state index is 12.9. The van der Waals surface area contributed by atoms with Crippen molar-refractivity contribution >= 4 is 0 Å². The van der Waals surface area contributed by atoms with Crippen LogP contribution in [0.3, 0.4) is 0 Å². The Morgan fingerprint density at radius 3 is 2.71 bits per heavy atom. The van der Waals surface area contributed by atoms with Crippen molar-refractivity contribution in [1.82, 2.24) is 9.97 Å². The van der Waals surface area contributed by atoms with Crippen LogP contribution >= 0.6 is 0 Å². The topological polar surface area (TPSA) is 55.0 Å². The fourth-order valence-electron chi connectivity index (χ4n) is 1.75. The molecule has 0 bridgehead atoms. The molecule has 0 saturated carbocycles. The summed E-state index contributed by atoms with van der Waals surface area (Å²) in [7, 11) is 0. The number of halogens is 1. The minimum absolute atomic E-state index is 0.145. The fourth-order valence-corrected chi connectivity index (χ4v) is 1.75. The second kappa shape index (κ2) is 8.89. The summed E-state index contributed by atoms with van der Waals surface area (Å²) in [5.74, 6) is 0.834. The van der Waals surface area contributed by atoms with Gasteiger partial charge < -0.3 is 9.72 Å². The molecule has 0 aliphatic heterocycles. The highest BCUT2D eigenvalue weighted by molar-refractivity contribution is 5.22. The van der Waals surface area contributed by atoms with Gasteiger partial charge in [-0.2, -0.15) is 0 Å². The molecule has 0 fully saturated rings. The number of aromatic nitrogens is 2. The molecule has 0 radical (unpaired) electrons. The van der Waals surface area contributed by atoms with Crippen LogP contribution in [-0.4, -0.2) is 16.6 Å². The van der Waals surface area contributed by atoms with E-state index in [1.165, 1.54) is 18.2 Å². The molecule has 0 aliphatic carbocycles. The molecule has 0 atom stereocenters.